The van der Waals surface area contributed by atoms with Crippen molar-refractivity contribution in [1.29, 1.82) is 0 Å². The molecule has 0 heterocycles. The van der Waals surface area contributed by atoms with Crippen LogP contribution in [0.2, 0.25) is 0 Å². The van der Waals surface area contributed by atoms with Crippen LogP contribution in [0.25, 0.3) is 0 Å². The molecule has 0 aromatic carbocycles. The highest BCUT2D eigenvalue weighted by molar-refractivity contribution is 5.82. The smallest absolute Gasteiger partial charge is 0.309 e. The Kier molecular flexibility index (Phi) is 10.9. The Morgan fingerprint density at radius 1 is 0.833 bits per heavy atom. The summed E-state index contributed by atoms with van der Waals surface area (Å²) in [6.45, 7) is 4.79. The van der Waals surface area contributed by atoms with Crippen molar-refractivity contribution in [2.75, 3.05) is 13.2 Å². The van der Waals surface area contributed by atoms with Crippen molar-refractivity contribution in [3.63, 3.8) is 0 Å². The van der Waals surface area contributed by atoms with Gasteiger partial charge < -0.3 is 9.47 Å². The third kappa shape index (κ3) is 7.80. The van der Waals surface area contributed by atoms with E-state index in [-0.39, 0.29) is 23.8 Å². The Morgan fingerprint density at radius 3 is 1.62 bits per heavy atom. The zero-order valence-electron chi connectivity index (χ0n) is 15.2. The molecule has 1 saturated carbocycles. The van der Waals surface area contributed by atoms with Crippen molar-refractivity contribution in [3.05, 3.63) is 24.3 Å². The molecule has 1 fully saturated rings. The van der Waals surface area contributed by atoms with Gasteiger partial charge in [-0.3, -0.25) is 9.59 Å². The highest BCUT2D eigenvalue weighted by Gasteiger charge is 2.37. The van der Waals surface area contributed by atoms with Crippen LogP contribution in [0, 0.1) is 11.8 Å². The van der Waals surface area contributed by atoms with Crippen molar-refractivity contribution < 1.29 is 19.1 Å². The van der Waals surface area contributed by atoms with Crippen molar-refractivity contribution in [1.82, 2.24) is 0 Å². The number of hydrogen-bond acceptors (Lipinski definition) is 4. The fourth-order valence-corrected chi connectivity index (χ4v) is 2.99. The number of unbranched alkanes of at least 4 members (excludes halogenated alkanes) is 2. The lowest BCUT2D eigenvalue weighted by atomic mass is 9.79. The Balaban J connectivity index is 2.39. The number of rotatable bonds is 10. The Labute approximate surface area is 146 Å². The van der Waals surface area contributed by atoms with Gasteiger partial charge >= 0.3 is 11.9 Å². The maximum absolute atomic E-state index is 12.3. The third-order valence-electron chi connectivity index (χ3n) is 4.36. The summed E-state index contributed by atoms with van der Waals surface area (Å²) < 4.78 is 10.8. The quantitative estimate of drug-likeness (QED) is 0.332. The molecule has 0 aromatic rings. The van der Waals surface area contributed by atoms with E-state index in [0.29, 0.717) is 13.2 Å². The fourth-order valence-electron chi connectivity index (χ4n) is 2.99. The van der Waals surface area contributed by atoms with Gasteiger partial charge in [0.25, 0.3) is 0 Å². The molecule has 0 aliphatic heterocycles. The lowest BCUT2D eigenvalue weighted by Crippen LogP contribution is -2.35. The number of esters is 2. The molecule has 0 spiro atoms. The monoisotopic (exact) mass is 336 g/mol. The van der Waals surface area contributed by atoms with Gasteiger partial charge in [0, 0.05) is 0 Å². The molecule has 0 N–H and O–H groups in total. The number of allylic oxidation sites excluding steroid dienone is 4. The highest BCUT2D eigenvalue weighted by atomic mass is 16.5. The van der Waals surface area contributed by atoms with Crippen molar-refractivity contribution in [3.8, 4) is 0 Å². The second-order valence-corrected chi connectivity index (χ2v) is 6.25. The second-order valence-electron chi connectivity index (χ2n) is 6.25. The molecule has 0 amide bonds. The fraction of sp³-hybridized carbons (Fsp3) is 0.700. The van der Waals surface area contributed by atoms with Gasteiger partial charge in [-0.2, -0.15) is 0 Å². The average Bonchev–Trinajstić information content (AvgIpc) is 2.61. The molecule has 2 atom stereocenters. The molecule has 1 rings (SSSR count). The van der Waals surface area contributed by atoms with E-state index in [4.69, 9.17) is 9.47 Å². The molecular weight excluding hydrogens is 304 g/mol. The molecule has 0 bridgehead atoms. The lowest BCUT2D eigenvalue weighted by molar-refractivity contribution is -0.163. The van der Waals surface area contributed by atoms with Crippen molar-refractivity contribution >= 4 is 11.9 Å². The Bertz CT molecular complexity index is 385. The lowest BCUT2D eigenvalue weighted by Gasteiger charge is -2.28. The van der Waals surface area contributed by atoms with Gasteiger partial charge in [-0.25, -0.2) is 0 Å². The standard InChI is InChI=1S/C20H32O4/c1-3-5-7-11-15-23-19(21)17-13-9-10-14-18(17)20(22)24-16-12-8-6-4-2/h3-6,17-18H,7-16H2,1-2H3/b5-3+,6-4+. The topological polar surface area (TPSA) is 52.6 Å². The number of carbonyl (C=O) groups is 2. The molecule has 0 radical (unpaired) electrons. The van der Waals surface area contributed by atoms with E-state index in [1.165, 1.54) is 0 Å². The normalized spacial score (nSPS) is 21.2. The van der Waals surface area contributed by atoms with Crippen LogP contribution in [0.5, 0.6) is 0 Å². The zero-order chi connectivity index (χ0) is 17.6. The van der Waals surface area contributed by atoms with Gasteiger partial charge in [0.15, 0.2) is 0 Å². The Morgan fingerprint density at radius 2 is 1.25 bits per heavy atom. The SMILES string of the molecule is C/C=C/CCCOC(=O)C1CCCCC1C(=O)OCCC/C=C/C. The first kappa shape index (κ1) is 20.5. The first-order valence-electron chi connectivity index (χ1n) is 9.26. The number of ether oxygens (including phenoxy) is 2. The molecule has 0 aromatic heterocycles. The second kappa shape index (κ2) is 12.8. The van der Waals surface area contributed by atoms with E-state index in [1.807, 2.05) is 26.0 Å². The highest BCUT2D eigenvalue weighted by Crippen LogP contribution is 2.32. The maximum Gasteiger partial charge on any atom is 0.309 e. The minimum Gasteiger partial charge on any atom is -0.465 e. The average molecular weight is 336 g/mol. The molecule has 24 heavy (non-hydrogen) atoms. The van der Waals surface area contributed by atoms with E-state index in [1.54, 1.807) is 0 Å². The van der Waals surface area contributed by atoms with Crippen LogP contribution in [-0.2, 0) is 19.1 Å². The van der Waals surface area contributed by atoms with Crippen molar-refractivity contribution in [2.45, 2.75) is 65.2 Å². The number of carbonyl (C=O) groups excluding carboxylic acids is 2. The van der Waals surface area contributed by atoms with Crippen LogP contribution in [-0.4, -0.2) is 25.2 Å². The van der Waals surface area contributed by atoms with Gasteiger partial charge in [0.05, 0.1) is 25.0 Å². The summed E-state index contributed by atoms with van der Waals surface area (Å²) in [5.41, 5.74) is 0. The van der Waals surface area contributed by atoms with Crippen molar-refractivity contribution in [2.24, 2.45) is 11.8 Å². The molecular formula is C20H32O4. The summed E-state index contributed by atoms with van der Waals surface area (Å²) in [6.07, 6.45) is 15.0. The molecule has 4 heteroatoms. The summed E-state index contributed by atoms with van der Waals surface area (Å²) >= 11 is 0. The van der Waals surface area contributed by atoms with E-state index in [9.17, 15) is 9.59 Å². The molecule has 4 nitrogen and oxygen atoms in total. The summed E-state index contributed by atoms with van der Waals surface area (Å²) in [6, 6.07) is 0. The molecule has 2 unspecified atom stereocenters. The Hall–Kier alpha value is -1.58. The summed E-state index contributed by atoms with van der Waals surface area (Å²) in [5, 5.41) is 0. The van der Waals surface area contributed by atoms with Crippen LogP contribution >= 0.6 is 0 Å². The van der Waals surface area contributed by atoms with Gasteiger partial charge in [0.1, 0.15) is 0 Å². The number of hydrogen-bond donors (Lipinski definition) is 0. The van der Waals surface area contributed by atoms with Crippen LogP contribution in [0.15, 0.2) is 24.3 Å². The molecule has 1 aliphatic carbocycles. The van der Waals surface area contributed by atoms with E-state index >= 15 is 0 Å². The first-order chi connectivity index (χ1) is 11.7. The maximum atomic E-state index is 12.3. The van der Waals surface area contributed by atoms with Crippen LogP contribution in [0.1, 0.15) is 65.2 Å². The minimum atomic E-state index is -0.330. The third-order valence-corrected chi connectivity index (χ3v) is 4.36. The van der Waals surface area contributed by atoms with E-state index in [2.05, 4.69) is 12.2 Å². The zero-order valence-corrected chi connectivity index (χ0v) is 15.2. The first-order valence-corrected chi connectivity index (χ1v) is 9.26. The summed E-state index contributed by atoms with van der Waals surface area (Å²) in [7, 11) is 0. The van der Waals surface area contributed by atoms with Gasteiger partial charge in [-0.1, -0.05) is 37.1 Å². The van der Waals surface area contributed by atoms with E-state index < -0.39 is 0 Å². The predicted octanol–water partition coefficient (Wildman–Crippen LogP) is 4.59. The minimum absolute atomic E-state index is 0.231. The van der Waals surface area contributed by atoms with E-state index in [0.717, 1.165) is 51.4 Å². The molecule has 0 saturated heterocycles. The predicted molar refractivity (Wildman–Crippen MR) is 95.5 cm³/mol. The van der Waals surface area contributed by atoms with Crippen LogP contribution < -0.4 is 0 Å². The molecule has 136 valence electrons. The van der Waals surface area contributed by atoms with Crippen LogP contribution in [0.3, 0.4) is 0 Å². The van der Waals surface area contributed by atoms with Gasteiger partial charge in [-0.15, -0.1) is 0 Å². The summed E-state index contributed by atoms with van der Waals surface area (Å²) in [4.78, 5) is 24.6. The summed E-state index contributed by atoms with van der Waals surface area (Å²) in [5.74, 6) is -1.12. The van der Waals surface area contributed by atoms with Gasteiger partial charge in [0.2, 0.25) is 0 Å². The van der Waals surface area contributed by atoms with Gasteiger partial charge in [-0.05, 0) is 52.4 Å². The van der Waals surface area contributed by atoms with Crippen LogP contribution in [0.4, 0.5) is 0 Å². The largest absolute Gasteiger partial charge is 0.465 e. The molecule has 1 aliphatic rings.